The number of ether oxygens (including phenoxy) is 3. The number of fused-ring (bicyclic) bond motifs is 1. The highest BCUT2D eigenvalue weighted by Gasteiger charge is 2.49. The molecule has 1 aromatic heterocycles. The Kier molecular flexibility index (Phi) is 6.80. The van der Waals surface area contributed by atoms with Gasteiger partial charge in [-0.3, -0.25) is 9.47 Å². The fourth-order valence-electron chi connectivity index (χ4n) is 5.19. The molecule has 2 unspecified atom stereocenters. The topological polar surface area (TPSA) is 98.2 Å². The van der Waals surface area contributed by atoms with E-state index in [0.717, 1.165) is 37.2 Å². The molecule has 9 heteroatoms. The van der Waals surface area contributed by atoms with Crippen molar-refractivity contribution in [1.82, 2.24) is 4.98 Å². The molecule has 2 atom stereocenters. The number of quaternary nitrogens is 1. The zero-order valence-corrected chi connectivity index (χ0v) is 19.0. The number of carboxylic acid groups (broad SMARTS) is 1. The van der Waals surface area contributed by atoms with E-state index in [1.165, 1.54) is 7.11 Å². The van der Waals surface area contributed by atoms with Crippen molar-refractivity contribution in [1.29, 1.82) is 0 Å². The van der Waals surface area contributed by atoms with Gasteiger partial charge < -0.3 is 24.2 Å². The van der Waals surface area contributed by atoms with Crippen LogP contribution in [0.5, 0.6) is 11.5 Å². The van der Waals surface area contributed by atoms with Gasteiger partial charge in [0, 0.05) is 57.5 Å². The molecule has 176 valence electrons. The third kappa shape index (κ3) is 4.65. The van der Waals surface area contributed by atoms with Crippen LogP contribution in [0.4, 0.5) is 10.5 Å². The van der Waals surface area contributed by atoms with Gasteiger partial charge in [-0.15, -0.1) is 0 Å². The van der Waals surface area contributed by atoms with Crippen LogP contribution in [0.15, 0.2) is 42.7 Å². The van der Waals surface area contributed by atoms with Crippen LogP contribution in [-0.4, -0.2) is 73.1 Å². The molecule has 1 aromatic carbocycles. The summed E-state index contributed by atoms with van der Waals surface area (Å²) in [6.45, 7) is 2.17. The summed E-state index contributed by atoms with van der Waals surface area (Å²) >= 11 is 0. The second-order valence-electron chi connectivity index (χ2n) is 8.62. The molecular weight excluding hydrogens is 426 g/mol. The van der Waals surface area contributed by atoms with Gasteiger partial charge in [-0.2, -0.15) is 0 Å². The van der Waals surface area contributed by atoms with Crippen LogP contribution in [0.2, 0.25) is 0 Å². The number of hydrogen-bond acceptors (Lipinski definition) is 7. The molecule has 1 amide bonds. The van der Waals surface area contributed by atoms with Gasteiger partial charge in [0.05, 0.1) is 25.3 Å². The maximum absolute atomic E-state index is 13.5. The number of amides is 1. The first kappa shape index (κ1) is 23.0. The Bertz CT molecular complexity index is 993. The fourth-order valence-corrected chi connectivity index (χ4v) is 5.19. The second kappa shape index (κ2) is 9.76. The second-order valence-corrected chi connectivity index (χ2v) is 8.62. The Morgan fingerprint density at radius 2 is 1.91 bits per heavy atom. The van der Waals surface area contributed by atoms with E-state index in [1.54, 1.807) is 30.6 Å². The van der Waals surface area contributed by atoms with Gasteiger partial charge in [-0.1, -0.05) is 0 Å². The molecule has 1 saturated heterocycles. The Morgan fingerprint density at radius 1 is 1.18 bits per heavy atom. The molecular formula is C24H30N3O6+. The predicted molar refractivity (Wildman–Crippen MR) is 120 cm³/mol. The van der Waals surface area contributed by atoms with Crippen LogP contribution in [0.3, 0.4) is 0 Å². The zero-order valence-electron chi connectivity index (χ0n) is 19.0. The van der Waals surface area contributed by atoms with E-state index >= 15 is 0 Å². The number of carbonyl (C=O) groups is 2. The van der Waals surface area contributed by atoms with E-state index in [1.807, 2.05) is 19.2 Å². The van der Waals surface area contributed by atoms with Crippen LogP contribution in [0.25, 0.3) is 0 Å². The quantitative estimate of drug-likeness (QED) is 0.402. The van der Waals surface area contributed by atoms with Crippen molar-refractivity contribution in [3.05, 3.63) is 48.3 Å². The normalized spacial score (nSPS) is 20.3. The minimum absolute atomic E-state index is 0.00210. The molecule has 2 aromatic rings. The van der Waals surface area contributed by atoms with Crippen molar-refractivity contribution in [2.24, 2.45) is 0 Å². The van der Waals surface area contributed by atoms with Crippen molar-refractivity contribution in [2.45, 2.75) is 31.3 Å². The fraction of sp³-hybridized carbons (Fsp3) is 0.458. The van der Waals surface area contributed by atoms with Gasteiger partial charge in [0.15, 0.2) is 6.61 Å². The maximum Gasteiger partial charge on any atom is 0.511 e. The van der Waals surface area contributed by atoms with Crippen LogP contribution < -0.4 is 14.4 Å². The lowest BCUT2D eigenvalue weighted by Gasteiger charge is -2.49. The summed E-state index contributed by atoms with van der Waals surface area (Å²) in [4.78, 5) is 31.0. The number of methoxy groups -OCH3 is 1. The minimum Gasteiger partial charge on any atom is -0.493 e. The van der Waals surface area contributed by atoms with Gasteiger partial charge in [-0.25, -0.2) is 9.59 Å². The smallest absolute Gasteiger partial charge is 0.493 e. The molecule has 0 saturated carbocycles. The van der Waals surface area contributed by atoms with Crippen molar-refractivity contribution in [3.63, 3.8) is 0 Å². The molecule has 2 aliphatic rings. The molecule has 4 rings (SSSR count). The highest BCUT2D eigenvalue weighted by atomic mass is 16.7. The molecule has 0 bridgehead atoms. The number of anilines is 1. The average Bonchev–Trinajstić information content (AvgIpc) is 2.83. The summed E-state index contributed by atoms with van der Waals surface area (Å²) < 4.78 is 16.2. The first-order valence-electron chi connectivity index (χ1n) is 11.1. The summed E-state index contributed by atoms with van der Waals surface area (Å²) in [7, 11) is 3.52. The van der Waals surface area contributed by atoms with Crippen LogP contribution in [0.1, 0.15) is 30.9 Å². The highest BCUT2D eigenvalue weighted by Crippen LogP contribution is 2.44. The van der Waals surface area contributed by atoms with Crippen molar-refractivity contribution >= 4 is 17.7 Å². The number of pyridine rings is 1. The van der Waals surface area contributed by atoms with Crippen molar-refractivity contribution in [3.8, 4) is 11.5 Å². The van der Waals surface area contributed by atoms with Crippen LogP contribution in [0, 0.1) is 0 Å². The molecule has 1 fully saturated rings. The first-order chi connectivity index (χ1) is 15.9. The van der Waals surface area contributed by atoms with E-state index in [2.05, 4.69) is 9.88 Å². The van der Waals surface area contributed by atoms with E-state index in [-0.39, 0.29) is 34.8 Å². The number of aromatic nitrogens is 1. The number of benzene rings is 1. The largest absolute Gasteiger partial charge is 0.511 e. The van der Waals surface area contributed by atoms with Crippen LogP contribution in [-0.2, 0) is 9.53 Å². The lowest BCUT2D eigenvalue weighted by molar-refractivity contribution is -0.893. The molecule has 2 aliphatic heterocycles. The third-order valence-corrected chi connectivity index (χ3v) is 6.90. The van der Waals surface area contributed by atoms with Gasteiger partial charge in [0.25, 0.3) is 0 Å². The molecule has 1 N–H and O–H groups in total. The number of hydrogen-bond donors (Lipinski definition) is 1. The summed E-state index contributed by atoms with van der Waals surface area (Å²) in [5.74, 6) is 0.880. The molecule has 3 heterocycles. The van der Waals surface area contributed by atoms with E-state index in [4.69, 9.17) is 19.3 Å². The van der Waals surface area contributed by atoms with Crippen molar-refractivity contribution in [2.75, 3.05) is 45.4 Å². The van der Waals surface area contributed by atoms with Crippen molar-refractivity contribution < 1.29 is 33.4 Å². The molecule has 33 heavy (non-hydrogen) atoms. The van der Waals surface area contributed by atoms with Gasteiger partial charge >= 0.3 is 12.1 Å². The Morgan fingerprint density at radius 3 is 2.58 bits per heavy atom. The number of piperidine rings is 1. The molecule has 0 aliphatic carbocycles. The zero-order chi connectivity index (χ0) is 23.4. The summed E-state index contributed by atoms with van der Waals surface area (Å²) in [6, 6.07) is 8.89. The predicted octanol–water partition coefficient (Wildman–Crippen LogP) is 3.25. The van der Waals surface area contributed by atoms with Gasteiger partial charge in [-0.05, 0) is 30.3 Å². The number of likely N-dealkylation sites (N-methyl/N-ethyl adjacent to an activating group) is 1. The number of nitrogens with zero attached hydrogens (tertiary/aromatic N) is 3. The average molecular weight is 457 g/mol. The van der Waals surface area contributed by atoms with E-state index in [9.17, 15) is 9.59 Å². The number of carbonyl (C=O) groups excluding carboxylic acids is 1. The monoisotopic (exact) mass is 456 g/mol. The Hall–Kier alpha value is -3.17. The van der Waals surface area contributed by atoms with Gasteiger partial charge in [0.1, 0.15) is 17.5 Å². The first-order valence-corrected chi connectivity index (χ1v) is 11.1. The molecule has 9 nitrogen and oxygen atoms in total. The Balaban J connectivity index is 1.64. The summed E-state index contributed by atoms with van der Waals surface area (Å²) in [6.07, 6.45) is 4.52. The molecule has 0 spiro atoms. The lowest BCUT2D eigenvalue weighted by Crippen LogP contribution is -2.62. The van der Waals surface area contributed by atoms with Gasteiger partial charge in [0.2, 0.25) is 0 Å². The number of rotatable bonds is 6. The summed E-state index contributed by atoms with van der Waals surface area (Å²) in [5, 5.41) is 9.04. The summed E-state index contributed by atoms with van der Waals surface area (Å²) in [5.41, 5.74) is 1.93. The van der Waals surface area contributed by atoms with E-state index in [0.29, 0.717) is 18.8 Å². The van der Waals surface area contributed by atoms with E-state index < -0.39 is 6.16 Å². The third-order valence-electron chi connectivity index (χ3n) is 6.90. The maximum atomic E-state index is 13.5. The highest BCUT2D eigenvalue weighted by molar-refractivity contribution is 5.71. The standard InChI is InChI=1S/C24H29N3O6/c1-27(23(28)16-31-2,18-7-12-26(13-8-18)17-5-10-25-11-6-17)21-9-14-32-22-4-3-19(15-20(21)22)33-24(29)30/h3-6,10-11,15,18,21H,7-9,12-14,16H2,1-2H3/p+1. The van der Waals surface area contributed by atoms with Crippen LogP contribution >= 0.6 is 0 Å². The minimum atomic E-state index is -1.38. The Labute approximate surface area is 193 Å². The lowest BCUT2D eigenvalue weighted by atomic mass is 9.90. The SMILES string of the molecule is COCC(=O)[N+](C)(C1CCN(c2ccncc2)CC1)C1CCOc2ccc(OC(=O)O)cc21. The molecule has 0 radical (unpaired) electrons.